The van der Waals surface area contributed by atoms with Gasteiger partial charge in [0.25, 0.3) is 5.84 Å². The number of para-hydroxylation sites is 1. The van der Waals surface area contributed by atoms with Crippen molar-refractivity contribution in [2.75, 3.05) is 7.11 Å². The fraction of sp³-hybridized carbons (Fsp3) is 0.263. The largest absolute Gasteiger partial charge is 0.463 e. The Bertz CT molecular complexity index is 730. The first kappa shape index (κ1) is 17.5. The Morgan fingerprint density at radius 3 is 2.12 bits per heavy atom. The van der Waals surface area contributed by atoms with Gasteiger partial charge in [0, 0.05) is 0 Å². The number of hydrogen-bond donors (Lipinski definition) is 0. The summed E-state index contributed by atoms with van der Waals surface area (Å²) in [5.41, 5.74) is 3.54. The summed E-state index contributed by atoms with van der Waals surface area (Å²) in [7, 11) is 1.31. The Morgan fingerprint density at radius 2 is 1.58 bits per heavy atom. The van der Waals surface area contributed by atoms with E-state index in [4.69, 9.17) is 4.74 Å². The number of carbonyl (C=O) groups excluding carboxylic acids is 1. The Morgan fingerprint density at radius 1 is 0.958 bits per heavy atom. The molecule has 0 saturated carbocycles. The molecule has 124 valence electrons. The molecule has 2 aromatic carbocycles. The first-order valence-electron chi connectivity index (χ1n) is 7.94. The highest BCUT2D eigenvalue weighted by Crippen LogP contribution is 2.26. The zero-order valence-corrected chi connectivity index (χ0v) is 14.2. The maximum atomic E-state index is 12.0. The summed E-state index contributed by atoms with van der Waals surface area (Å²) in [6, 6.07) is 15.2. The third-order valence-electron chi connectivity index (χ3n) is 3.57. The van der Waals surface area contributed by atoms with E-state index in [1.165, 1.54) is 7.11 Å². The van der Waals surface area contributed by atoms with Crippen molar-refractivity contribution in [2.45, 2.75) is 26.7 Å². The Kier molecular flexibility index (Phi) is 6.37. The highest BCUT2D eigenvalue weighted by Gasteiger charge is 2.14. The van der Waals surface area contributed by atoms with Crippen LogP contribution in [0, 0.1) is 0 Å². The summed E-state index contributed by atoms with van der Waals surface area (Å²) in [6.45, 7) is 4.11. The highest BCUT2D eigenvalue weighted by atomic mass is 16.5. The second kappa shape index (κ2) is 8.72. The molecule has 0 amide bonds. The Hall–Kier alpha value is -2.82. The Balaban J connectivity index is 2.47. The first-order valence-corrected chi connectivity index (χ1v) is 7.94. The van der Waals surface area contributed by atoms with E-state index in [0.717, 1.165) is 29.7 Å². The monoisotopic (exact) mass is 323 g/mol. The number of aryl methyl sites for hydroxylation is 2. The van der Waals surface area contributed by atoms with Gasteiger partial charge in [0.15, 0.2) is 0 Å². The number of esters is 1. The molecular formula is C19H21N3O2. The van der Waals surface area contributed by atoms with Crippen molar-refractivity contribution in [3.8, 4) is 0 Å². The van der Waals surface area contributed by atoms with Crippen LogP contribution in [0.25, 0.3) is 0 Å². The lowest BCUT2D eigenvalue weighted by Crippen LogP contribution is -2.13. The number of azo groups is 1. The molecule has 0 aliphatic carbocycles. The van der Waals surface area contributed by atoms with Gasteiger partial charge in [-0.25, -0.2) is 9.79 Å². The van der Waals surface area contributed by atoms with Crippen LogP contribution >= 0.6 is 0 Å². The van der Waals surface area contributed by atoms with Crippen LogP contribution < -0.4 is 0 Å². The van der Waals surface area contributed by atoms with Crippen LogP contribution in [0.3, 0.4) is 0 Å². The van der Waals surface area contributed by atoms with Crippen molar-refractivity contribution >= 4 is 23.2 Å². The van der Waals surface area contributed by atoms with Gasteiger partial charge in [0.2, 0.25) is 0 Å². The van der Waals surface area contributed by atoms with Gasteiger partial charge < -0.3 is 4.74 Å². The van der Waals surface area contributed by atoms with Crippen molar-refractivity contribution in [1.82, 2.24) is 0 Å². The molecule has 0 bridgehead atoms. The molecule has 24 heavy (non-hydrogen) atoms. The van der Waals surface area contributed by atoms with E-state index in [0.29, 0.717) is 5.69 Å². The molecule has 0 unspecified atom stereocenters. The summed E-state index contributed by atoms with van der Waals surface area (Å²) in [4.78, 5) is 16.5. The molecule has 5 heteroatoms. The van der Waals surface area contributed by atoms with Gasteiger partial charge in [0.05, 0.1) is 18.5 Å². The van der Waals surface area contributed by atoms with Crippen molar-refractivity contribution in [3.05, 3.63) is 59.7 Å². The van der Waals surface area contributed by atoms with Crippen LogP contribution in [0.2, 0.25) is 0 Å². The van der Waals surface area contributed by atoms with Crippen molar-refractivity contribution in [1.29, 1.82) is 0 Å². The molecule has 0 aliphatic heterocycles. The van der Waals surface area contributed by atoms with Gasteiger partial charge in [0.1, 0.15) is 0 Å². The maximum Gasteiger partial charge on any atom is 0.378 e. The quantitative estimate of drug-likeness (QED) is 0.351. The fourth-order valence-corrected chi connectivity index (χ4v) is 2.26. The zero-order valence-electron chi connectivity index (χ0n) is 14.2. The van der Waals surface area contributed by atoms with Crippen LogP contribution in [-0.4, -0.2) is 18.9 Å². The summed E-state index contributed by atoms with van der Waals surface area (Å²) in [5.74, 6) is -0.667. The predicted molar refractivity (Wildman–Crippen MR) is 95.3 cm³/mol. The molecule has 0 heterocycles. The minimum atomic E-state index is -0.609. The lowest BCUT2D eigenvalue weighted by Gasteiger charge is -2.09. The summed E-state index contributed by atoms with van der Waals surface area (Å²) in [5, 5.41) is 8.09. The number of hydrogen-bond acceptors (Lipinski definition) is 4. The van der Waals surface area contributed by atoms with Gasteiger partial charge in [-0.05, 0) is 36.1 Å². The summed E-state index contributed by atoms with van der Waals surface area (Å²) >= 11 is 0. The van der Waals surface area contributed by atoms with Crippen LogP contribution in [0.4, 0.5) is 11.4 Å². The van der Waals surface area contributed by atoms with E-state index in [2.05, 4.69) is 29.1 Å². The highest BCUT2D eigenvalue weighted by molar-refractivity contribution is 6.36. The third-order valence-corrected chi connectivity index (χ3v) is 3.57. The van der Waals surface area contributed by atoms with E-state index in [9.17, 15) is 4.79 Å². The molecule has 0 fully saturated rings. The number of rotatable bonds is 4. The maximum absolute atomic E-state index is 12.0. The van der Waals surface area contributed by atoms with Crippen molar-refractivity contribution < 1.29 is 9.53 Å². The Labute approximate surface area is 142 Å². The standard InChI is InChI=1S/C19H21N3O2/c1-4-14-10-9-11-15(5-2)17(14)20-18(19(23)24-3)22-21-16-12-7-6-8-13-16/h6-13H,4-5H2,1-3H3. The average molecular weight is 323 g/mol. The second-order valence-corrected chi connectivity index (χ2v) is 5.09. The molecule has 0 aliphatic rings. The number of aliphatic imine (C=N–C) groups is 1. The predicted octanol–water partition coefficient (Wildman–Crippen LogP) is 4.80. The minimum Gasteiger partial charge on any atom is -0.463 e. The lowest BCUT2D eigenvalue weighted by molar-refractivity contribution is -0.132. The van der Waals surface area contributed by atoms with Crippen LogP contribution in [0.15, 0.2) is 63.8 Å². The van der Waals surface area contributed by atoms with Gasteiger partial charge in [-0.1, -0.05) is 50.2 Å². The van der Waals surface area contributed by atoms with Gasteiger partial charge in [-0.3, -0.25) is 0 Å². The molecule has 0 saturated heterocycles. The molecule has 2 rings (SSSR count). The summed E-state index contributed by atoms with van der Waals surface area (Å²) < 4.78 is 4.80. The number of carbonyl (C=O) groups is 1. The third kappa shape index (κ3) is 4.35. The smallest absolute Gasteiger partial charge is 0.378 e. The first-order chi connectivity index (χ1) is 11.7. The van der Waals surface area contributed by atoms with E-state index < -0.39 is 5.97 Å². The second-order valence-electron chi connectivity index (χ2n) is 5.09. The normalized spacial score (nSPS) is 11.7. The molecule has 5 nitrogen and oxygen atoms in total. The average Bonchev–Trinajstić information content (AvgIpc) is 2.65. The summed E-state index contributed by atoms with van der Waals surface area (Å²) in [6.07, 6.45) is 1.63. The van der Waals surface area contributed by atoms with E-state index in [-0.39, 0.29) is 5.84 Å². The van der Waals surface area contributed by atoms with Crippen molar-refractivity contribution in [3.63, 3.8) is 0 Å². The molecular weight excluding hydrogens is 302 g/mol. The van der Waals surface area contributed by atoms with Crippen LogP contribution in [0.1, 0.15) is 25.0 Å². The number of methoxy groups -OCH3 is 1. The topological polar surface area (TPSA) is 63.4 Å². The van der Waals surface area contributed by atoms with E-state index in [1.54, 1.807) is 12.1 Å². The molecule has 0 N–H and O–H groups in total. The molecule has 0 aromatic heterocycles. The van der Waals surface area contributed by atoms with Crippen molar-refractivity contribution in [2.24, 2.45) is 15.2 Å². The van der Waals surface area contributed by atoms with Crippen LogP contribution in [-0.2, 0) is 22.4 Å². The molecule has 0 radical (unpaired) electrons. The molecule has 2 aromatic rings. The van der Waals surface area contributed by atoms with E-state index in [1.807, 2.05) is 36.4 Å². The van der Waals surface area contributed by atoms with Crippen LogP contribution in [0.5, 0.6) is 0 Å². The number of benzene rings is 2. The number of ether oxygens (including phenoxy) is 1. The zero-order chi connectivity index (χ0) is 17.4. The van der Waals surface area contributed by atoms with Gasteiger partial charge >= 0.3 is 5.97 Å². The fourth-order valence-electron chi connectivity index (χ4n) is 2.26. The van der Waals surface area contributed by atoms with E-state index >= 15 is 0 Å². The molecule has 0 spiro atoms. The minimum absolute atomic E-state index is 0.0584. The SMILES string of the molecule is CCc1cccc(CC)c1N=C(N=Nc1ccccc1)C(=O)OC. The number of nitrogens with zero attached hydrogens (tertiary/aromatic N) is 3. The van der Waals surface area contributed by atoms with Gasteiger partial charge in [-0.15, -0.1) is 10.2 Å². The lowest BCUT2D eigenvalue weighted by atomic mass is 10.0. The van der Waals surface area contributed by atoms with Gasteiger partial charge in [-0.2, -0.15) is 0 Å². The molecule has 0 atom stereocenters. The number of amidine groups is 1.